The standard InChI is InChI=1S/C17H32N4OS/c1-6-17(7-2,9-10-22)13-19-16(18-8-3)21(5)11-15-12-23-14(4)20-15/h12,22H,6-11,13H2,1-5H3,(H,18,19). The number of hydrogen-bond donors (Lipinski definition) is 2. The minimum absolute atomic E-state index is 0.0908. The molecule has 1 aromatic heterocycles. The molecule has 0 aliphatic rings. The maximum atomic E-state index is 9.36. The first kappa shape index (κ1) is 19.9. The lowest BCUT2D eigenvalue weighted by atomic mass is 9.79. The fourth-order valence-electron chi connectivity index (χ4n) is 2.65. The van der Waals surface area contributed by atoms with Gasteiger partial charge in [-0.25, -0.2) is 4.98 Å². The maximum absolute atomic E-state index is 9.36. The number of nitrogens with zero attached hydrogens (tertiary/aromatic N) is 3. The number of guanidine groups is 1. The van der Waals surface area contributed by atoms with Crippen LogP contribution in [-0.4, -0.2) is 47.7 Å². The number of rotatable bonds is 9. The lowest BCUT2D eigenvalue weighted by Crippen LogP contribution is -2.39. The van der Waals surface area contributed by atoms with Gasteiger partial charge in [-0.3, -0.25) is 4.99 Å². The van der Waals surface area contributed by atoms with Crippen LogP contribution in [0.25, 0.3) is 0 Å². The third-order valence-corrected chi connectivity index (χ3v) is 5.29. The number of hydrogen-bond acceptors (Lipinski definition) is 4. The topological polar surface area (TPSA) is 60.8 Å². The van der Waals surface area contributed by atoms with Gasteiger partial charge >= 0.3 is 0 Å². The summed E-state index contributed by atoms with van der Waals surface area (Å²) in [6, 6.07) is 0. The van der Waals surface area contributed by atoms with E-state index in [4.69, 9.17) is 4.99 Å². The van der Waals surface area contributed by atoms with Gasteiger partial charge in [0.15, 0.2) is 5.96 Å². The van der Waals surface area contributed by atoms with E-state index >= 15 is 0 Å². The molecule has 0 aliphatic heterocycles. The molecule has 23 heavy (non-hydrogen) atoms. The van der Waals surface area contributed by atoms with Gasteiger partial charge in [-0.1, -0.05) is 13.8 Å². The molecular formula is C17H32N4OS. The largest absolute Gasteiger partial charge is 0.396 e. The van der Waals surface area contributed by atoms with E-state index in [1.54, 1.807) is 11.3 Å². The summed E-state index contributed by atoms with van der Waals surface area (Å²) in [4.78, 5) is 11.5. The van der Waals surface area contributed by atoms with Crippen molar-refractivity contribution in [1.29, 1.82) is 0 Å². The third kappa shape index (κ3) is 6.11. The fraction of sp³-hybridized carbons (Fsp3) is 0.765. The second-order valence-electron chi connectivity index (χ2n) is 6.06. The highest BCUT2D eigenvalue weighted by Gasteiger charge is 2.25. The van der Waals surface area contributed by atoms with Crippen LogP contribution in [0, 0.1) is 12.3 Å². The van der Waals surface area contributed by atoms with Crippen LogP contribution in [0.5, 0.6) is 0 Å². The van der Waals surface area contributed by atoms with Gasteiger partial charge in [0.1, 0.15) is 0 Å². The van der Waals surface area contributed by atoms with Crippen molar-refractivity contribution in [3.8, 4) is 0 Å². The average molecular weight is 341 g/mol. The Morgan fingerprint density at radius 3 is 2.57 bits per heavy atom. The number of aliphatic hydroxyl groups excluding tert-OH is 1. The van der Waals surface area contributed by atoms with Gasteiger partial charge in [0.2, 0.25) is 0 Å². The van der Waals surface area contributed by atoms with E-state index in [0.29, 0.717) is 0 Å². The van der Waals surface area contributed by atoms with Crippen LogP contribution in [0.1, 0.15) is 50.7 Å². The Morgan fingerprint density at radius 2 is 2.09 bits per heavy atom. The normalized spacial score (nSPS) is 12.5. The molecule has 0 amide bonds. The molecule has 0 aliphatic carbocycles. The van der Waals surface area contributed by atoms with Crippen LogP contribution in [0.3, 0.4) is 0 Å². The summed E-state index contributed by atoms with van der Waals surface area (Å²) < 4.78 is 0. The number of aliphatic hydroxyl groups is 1. The second kappa shape index (κ2) is 9.88. The summed E-state index contributed by atoms with van der Waals surface area (Å²) in [6.45, 7) is 11.0. The maximum Gasteiger partial charge on any atom is 0.194 e. The zero-order valence-corrected chi connectivity index (χ0v) is 16.0. The highest BCUT2D eigenvalue weighted by Crippen LogP contribution is 2.30. The Kier molecular flexibility index (Phi) is 8.55. The third-order valence-electron chi connectivity index (χ3n) is 4.47. The van der Waals surface area contributed by atoms with Gasteiger partial charge in [-0.15, -0.1) is 11.3 Å². The molecule has 0 aromatic carbocycles. The molecule has 0 atom stereocenters. The molecule has 1 aromatic rings. The Labute approximate surface area is 144 Å². The Morgan fingerprint density at radius 1 is 1.39 bits per heavy atom. The average Bonchev–Trinajstić information content (AvgIpc) is 2.95. The van der Waals surface area contributed by atoms with E-state index in [2.05, 4.69) is 41.4 Å². The van der Waals surface area contributed by atoms with E-state index in [1.165, 1.54) is 0 Å². The number of aliphatic imine (C=N–C) groups is 1. The first-order valence-corrected chi connectivity index (χ1v) is 9.39. The summed E-state index contributed by atoms with van der Waals surface area (Å²) in [5.74, 6) is 0.905. The Hall–Kier alpha value is -1.14. The predicted molar refractivity (Wildman–Crippen MR) is 99.0 cm³/mol. The first-order valence-electron chi connectivity index (χ1n) is 8.51. The first-order chi connectivity index (χ1) is 11.0. The van der Waals surface area contributed by atoms with Crippen molar-refractivity contribution in [3.05, 3.63) is 16.1 Å². The van der Waals surface area contributed by atoms with Crippen molar-refractivity contribution >= 4 is 17.3 Å². The van der Waals surface area contributed by atoms with Crippen molar-refractivity contribution in [3.63, 3.8) is 0 Å². The molecule has 5 nitrogen and oxygen atoms in total. The van der Waals surface area contributed by atoms with Crippen LogP contribution in [-0.2, 0) is 6.54 Å². The number of aromatic nitrogens is 1. The van der Waals surface area contributed by atoms with Crippen LogP contribution < -0.4 is 5.32 Å². The minimum Gasteiger partial charge on any atom is -0.396 e. The van der Waals surface area contributed by atoms with Gasteiger partial charge in [0.05, 0.1) is 17.2 Å². The molecular weight excluding hydrogens is 308 g/mol. The molecule has 0 radical (unpaired) electrons. The number of nitrogens with one attached hydrogen (secondary N) is 1. The van der Waals surface area contributed by atoms with Gasteiger partial charge in [0.25, 0.3) is 0 Å². The lowest BCUT2D eigenvalue weighted by Gasteiger charge is -2.30. The molecule has 1 heterocycles. The number of aryl methyl sites for hydroxylation is 1. The summed E-state index contributed by atoms with van der Waals surface area (Å²) in [7, 11) is 2.04. The van der Waals surface area contributed by atoms with Crippen LogP contribution in [0.4, 0.5) is 0 Å². The highest BCUT2D eigenvalue weighted by molar-refractivity contribution is 7.09. The van der Waals surface area contributed by atoms with E-state index in [9.17, 15) is 5.11 Å². The minimum atomic E-state index is 0.0908. The Bertz CT molecular complexity index is 483. The van der Waals surface area contributed by atoms with E-state index in [-0.39, 0.29) is 12.0 Å². The van der Waals surface area contributed by atoms with Crippen molar-refractivity contribution in [2.45, 2.75) is 53.5 Å². The fourth-order valence-corrected chi connectivity index (χ4v) is 3.26. The molecule has 1 rings (SSSR count). The van der Waals surface area contributed by atoms with E-state index < -0.39 is 0 Å². The van der Waals surface area contributed by atoms with Crippen molar-refractivity contribution in [2.24, 2.45) is 10.4 Å². The van der Waals surface area contributed by atoms with Crippen molar-refractivity contribution in [1.82, 2.24) is 15.2 Å². The molecule has 0 spiro atoms. The van der Waals surface area contributed by atoms with Gasteiger partial charge in [0, 0.05) is 32.1 Å². The molecule has 0 bridgehead atoms. The van der Waals surface area contributed by atoms with Crippen LogP contribution in [0.2, 0.25) is 0 Å². The molecule has 6 heteroatoms. The molecule has 132 valence electrons. The van der Waals surface area contributed by atoms with E-state index in [1.807, 2.05) is 14.0 Å². The molecule has 2 N–H and O–H groups in total. The summed E-state index contributed by atoms with van der Waals surface area (Å²) >= 11 is 1.68. The zero-order valence-electron chi connectivity index (χ0n) is 15.2. The van der Waals surface area contributed by atoms with Crippen molar-refractivity contribution in [2.75, 3.05) is 26.7 Å². The quantitative estimate of drug-likeness (QED) is 0.536. The lowest BCUT2D eigenvalue weighted by molar-refractivity contribution is 0.175. The summed E-state index contributed by atoms with van der Waals surface area (Å²) in [6.07, 6.45) is 2.86. The monoisotopic (exact) mass is 340 g/mol. The molecule has 0 saturated carbocycles. The molecule has 0 fully saturated rings. The number of thiazole rings is 1. The van der Waals surface area contributed by atoms with E-state index in [0.717, 1.165) is 55.6 Å². The van der Waals surface area contributed by atoms with Gasteiger partial charge in [-0.2, -0.15) is 0 Å². The summed E-state index contributed by atoms with van der Waals surface area (Å²) in [5.41, 5.74) is 1.17. The second-order valence-corrected chi connectivity index (χ2v) is 7.13. The molecule has 0 saturated heterocycles. The van der Waals surface area contributed by atoms with Gasteiger partial charge < -0.3 is 15.3 Å². The van der Waals surface area contributed by atoms with Gasteiger partial charge in [-0.05, 0) is 38.5 Å². The Balaban J connectivity index is 2.81. The highest BCUT2D eigenvalue weighted by atomic mass is 32.1. The summed E-state index contributed by atoms with van der Waals surface area (Å²) in [5, 5.41) is 15.9. The predicted octanol–water partition coefficient (Wildman–Crippen LogP) is 3.04. The van der Waals surface area contributed by atoms with Crippen LogP contribution in [0.15, 0.2) is 10.4 Å². The molecule has 0 unspecified atom stereocenters. The van der Waals surface area contributed by atoms with Crippen LogP contribution >= 0.6 is 11.3 Å². The SMILES string of the molecule is CCNC(=NCC(CC)(CC)CCO)N(C)Cc1csc(C)n1. The van der Waals surface area contributed by atoms with Crippen molar-refractivity contribution < 1.29 is 5.11 Å². The zero-order chi connectivity index (χ0) is 17.3. The smallest absolute Gasteiger partial charge is 0.194 e.